The van der Waals surface area contributed by atoms with Crippen LogP contribution in [-0.2, 0) is 14.3 Å². The van der Waals surface area contributed by atoms with Crippen LogP contribution in [0.5, 0.6) is 5.75 Å². The molecule has 1 aromatic heterocycles. The SMILES string of the molecule is CCOC(=O)n1c(=O)n(C(C(=O)OC)c2ccccc2OC)c2ccccc21. The summed E-state index contributed by atoms with van der Waals surface area (Å²) in [5.41, 5.74) is 0.447. The summed E-state index contributed by atoms with van der Waals surface area (Å²) in [7, 11) is 2.71. The van der Waals surface area contributed by atoms with E-state index >= 15 is 0 Å². The lowest BCUT2D eigenvalue weighted by Crippen LogP contribution is -2.35. The molecule has 0 N–H and O–H groups in total. The Morgan fingerprint density at radius 2 is 1.64 bits per heavy atom. The largest absolute Gasteiger partial charge is 0.496 e. The van der Waals surface area contributed by atoms with E-state index in [2.05, 4.69) is 0 Å². The van der Waals surface area contributed by atoms with Crippen LogP contribution >= 0.6 is 0 Å². The third-order valence-electron chi connectivity index (χ3n) is 4.35. The van der Waals surface area contributed by atoms with Gasteiger partial charge >= 0.3 is 17.8 Å². The minimum atomic E-state index is -1.14. The van der Waals surface area contributed by atoms with E-state index in [1.165, 1.54) is 18.8 Å². The Kier molecular flexibility index (Phi) is 5.49. The Bertz CT molecular complexity index is 1080. The van der Waals surface area contributed by atoms with Gasteiger partial charge in [0, 0.05) is 5.56 Å². The van der Waals surface area contributed by atoms with E-state index in [0.717, 1.165) is 4.57 Å². The molecule has 1 atom stereocenters. The minimum Gasteiger partial charge on any atom is -0.496 e. The highest BCUT2D eigenvalue weighted by molar-refractivity contribution is 5.89. The molecule has 8 heteroatoms. The number of fused-ring (bicyclic) bond motifs is 1. The van der Waals surface area contributed by atoms with Crippen molar-refractivity contribution in [2.45, 2.75) is 13.0 Å². The predicted molar refractivity (Wildman–Crippen MR) is 102 cm³/mol. The Hall–Kier alpha value is -3.55. The summed E-state index contributed by atoms with van der Waals surface area (Å²) in [5.74, 6) is -0.254. The molecule has 2 aromatic carbocycles. The van der Waals surface area contributed by atoms with Crippen molar-refractivity contribution in [3.05, 3.63) is 64.6 Å². The second-order valence-corrected chi connectivity index (χ2v) is 5.84. The quantitative estimate of drug-likeness (QED) is 0.628. The topological polar surface area (TPSA) is 88.8 Å². The molecular weight excluding hydrogens is 364 g/mol. The molecule has 0 saturated carbocycles. The van der Waals surface area contributed by atoms with E-state index in [1.807, 2.05) is 0 Å². The minimum absolute atomic E-state index is 0.109. The second kappa shape index (κ2) is 7.99. The van der Waals surface area contributed by atoms with E-state index in [4.69, 9.17) is 14.2 Å². The lowest BCUT2D eigenvalue weighted by molar-refractivity contribution is -0.143. The van der Waals surface area contributed by atoms with Crippen molar-refractivity contribution in [2.75, 3.05) is 20.8 Å². The molecule has 0 aliphatic heterocycles. The van der Waals surface area contributed by atoms with E-state index in [9.17, 15) is 14.4 Å². The smallest absolute Gasteiger partial charge is 0.422 e. The van der Waals surface area contributed by atoms with Crippen LogP contribution in [0.25, 0.3) is 11.0 Å². The summed E-state index contributed by atoms with van der Waals surface area (Å²) in [6.45, 7) is 1.76. The average Bonchev–Trinajstić information content (AvgIpc) is 3.00. The fourth-order valence-electron chi connectivity index (χ4n) is 3.16. The highest BCUT2D eigenvalue weighted by Gasteiger charge is 2.32. The maximum atomic E-state index is 13.2. The van der Waals surface area contributed by atoms with Crippen LogP contribution in [0, 0.1) is 0 Å². The van der Waals surface area contributed by atoms with Crippen molar-refractivity contribution < 1.29 is 23.8 Å². The second-order valence-electron chi connectivity index (χ2n) is 5.84. The van der Waals surface area contributed by atoms with Gasteiger partial charge in [0.15, 0.2) is 6.04 Å². The van der Waals surface area contributed by atoms with Gasteiger partial charge in [-0.25, -0.2) is 14.4 Å². The van der Waals surface area contributed by atoms with Crippen molar-refractivity contribution >= 4 is 23.1 Å². The van der Waals surface area contributed by atoms with E-state index in [-0.39, 0.29) is 6.61 Å². The molecule has 0 radical (unpaired) electrons. The summed E-state index contributed by atoms with van der Waals surface area (Å²) in [5, 5.41) is 0. The van der Waals surface area contributed by atoms with E-state index < -0.39 is 23.8 Å². The van der Waals surface area contributed by atoms with Crippen LogP contribution in [0.15, 0.2) is 53.3 Å². The molecule has 0 fully saturated rings. The summed E-state index contributed by atoms with van der Waals surface area (Å²) in [4.78, 5) is 38.3. The maximum Gasteiger partial charge on any atom is 0.422 e. The Balaban J connectivity index is 2.36. The van der Waals surface area contributed by atoms with Crippen molar-refractivity contribution in [3.8, 4) is 5.75 Å². The fourth-order valence-corrected chi connectivity index (χ4v) is 3.16. The first-order chi connectivity index (χ1) is 13.5. The zero-order valence-corrected chi connectivity index (χ0v) is 15.7. The van der Waals surface area contributed by atoms with Crippen molar-refractivity contribution in [2.24, 2.45) is 0 Å². The molecule has 0 aliphatic carbocycles. The van der Waals surface area contributed by atoms with Crippen LogP contribution < -0.4 is 10.4 Å². The molecule has 3 rings (SSSR count). The summed E-state index contributed by atoms with van der Waals surface area (Å²) in [6, 6.07) is 12.4. The summed E-state index contributed by atoms with van der Waals surface area (Å²) < 4.78 is 17.5. The summed E-state index contributed by atoms with van der Waals surface area (Å²) in [6.07, 6.45) is -0.814. The zero-order valence-electron chi connectivity index (χ0n) is 15.7. The van der Waals surface area contributed by atoms with Gasteiger partial charge in [-0.15, -0.1) is 0 Å². The van der Waals surface area contributed by atoms with Gasteiger partial charge in [-0.3, -0.25) is 4.57 Å². The molecule has 0 amide bonds. The first-order valence-electron chi connectivity index (χ1n) is 8.65. The van der Waals surface area contributed by atoms with Gasteiger partial charge in [0.2, 0.25) is 0 Å². The van der Waals surface area contributed by atoms with Gasteiger partial charge in [0.25, 0.3) is 0 Å². The number of ether oxygens (including phenoxy) is 3. The van der Waals surface area contributed by atoms with E-state index in [1.54, 1.807) is 55.5 Å². The zero-order chi connectivity index (χ0) is 20.3. The van der Waals surface area contributed by atoms with Crippen LogP contribution in [0.4, 0.5) is 4.79 Å². The number of carbonyl (C=O) groups is 2. The Morgan fingerprint density at radius 3 is 2.29 bits per heavy atom. The van der Waals surface area contributed by atoms with Crippen LogP contribution in [0.1, 0.15) is 18.5 Å². The molecule has 0 aliphatic rings. The third kappa shape index (κ3) is 3.13. The molecule has 146 valence electrons. The Labute approximate surface area is 160 Å². The van der Waals surface area contributed by atoms with Gasteiger partial charge in [0.1, 0.15) is 5.75 Å². The first kappa shape index (κ1) is 19.2. The molecule has 0 bridgehead atoms. The van der Waals surface area contributed by atoms with Gasteiger partial charge < -0.3 is 14.2 Å². The van der Waals surface area contributed by atoms with Gasteiger partial charge in [-0.1, -0.05) is 30.3 Å². The normalized spacial score (nSPS) is 11.8. The number of imidazole rings is 1. The molecule has 0 spiro atoms. The number of carbonyl (C=O) groups excluding carboxylic acids is 2. The average molecular weight is 384 g/mol. The molecule has 0 saturated heterocycles. The monoisotopic (exact) mass is 384 g/mol. The Morgan fingerprint density at radius 1 is 1.00 bits per heavy atom. The fraction of sp³-hybridized carbons (Fsp3) is 0.250. The van der Waals surface area contributed by atoms with Crippen molar-refractivity contribution in [3.63, 3.8) is 0 Å². The number of benzene rings is 2. The lowest BCUT2D eigenvalue weighted by Gasteiger charge is -2.19. The number of rotatable bonds is 5. The third-order valence-corrected chi connectivity index (χ3v) is 4.35. The first-order valence-corrected chi connectivity index (χ1v) is 8.65. The predicted octanol–water partition coefficient (Wildman–Crippen LogP) is 2.58. The molecule has 8 nitrogen and oxygen atoms in total. The maximum absolute atomic E-state index is 13.2. The molecule has 1 unspecified atom stereocenters. The number of para-hydroxylation sites is 3. The van der Waals surface area contributed by atoms with Gasteiger partial charge in [-0.05, 0) is 25.1 Å². The van der Waals surface area contributed by atoms with Gasteiger partial charge in [0.05, 0.1) is 31.9 Å². The lowest BCUT2D eigenvalue weighted by atomic mass is 10.1. The number of aromatic nitrogens is 2. The van der Waals surface area contributed by atoms with Crippen molar-refractivity contribution in [1.29, 1.82) is 0 Å². The molecule has 28 heavy (non-hydrogen) atoms. The number of hydrogen-bond acceptors (Lipinski definition) is 6. The molecular formula is C20H20N2O6. The van der Waals surface area contributed by atoms with Crippen LogP contribution in [-0.4, -0.2) is 42.0 Å². The van der Waals surface area contributed by atoms with Gasteiger partial charge in [-0.2, -0.15) is 4.57 Å². The standard InChI is InChI=1S/C20H20N2O6/c1-4-28-20(25)22-15-11-7-6-10-14(15)21(19(22)24)17(18(23)27-3)13-9-5-8-12-16(13)26-2/h5-12,17H,4H2,1-3H3. The molecule has 3 aromatic rings. The highest BCUT2D eigenvalue weighted by Crippen LogP contribution is 2.30. The van der Waals surface area contributed by atoms with Crippen LogP contribution in [0.2, 0.25) is 0 Å². The highest BCUT2D eigenvalue weighted by atomic mass is 16.5. The molecule has 1 heterocycles. The summed E-state index contributed by atoms with van der Waals surface area (Å²) >= 11 is 0. The van der Waals surface area contributed by atoms with Crippen molar-refractivity contribution in [1.82, 2.24) is 9.13 Å². The number of methoxy groups -OCH3 is 2. The number of esters is 1. The number of nitrogens with zero attached hydrogens (tertiary/aromatic N) is 2. The van der Waals surface area contributed by atoms with E-state index in [0.29, 0.717) is 22.3 Å². The number of hydrogen-bond donors (Lipinski definition) is 0. The van der Waals surface area contributed by atoms with Crippen LogP contribution in [0.3, 0.4) is 0 Å².